The van der Waals surface area contributed by atoms with Gasteiger partial charge in [0, 0.05) is 6.42 Å². The summed E-state index contributed by atoms with van der Waals surface area (Å²) in [4.78, 5) is 167. The molecule has 1 aliphatic heterocycles. The lowest BCUT2D eigenvalue weighted by Crippen LogP contribution is -2.64. The van der Waals surface area contributed by atoms with Crippen molar-refractivity contribution >= 4 is 70.9 Å². The smallest absolute Gasteiger partial charge is 0.246 e. The van der Waals surface area contributed by atoms with Crippen LogP contribution in [0, 0.1) is 23.7 Å². The zero-order chi connectivity index (χ0) is 65.3. The van der Waals surface area contributed by atoms with E-state index in [1.54, 1.807) is 55.5 Å². The molecule has 1 spiro atoms. The number of nitrogens with two attached hydrogens (primary N) is 1. The van der Waals surface area contributed by atoms with Crippen molar-refractivity contribution in [2.24, 2.45) is 29.4 Å². The summed E-state index contributed by atoms with van der Waals surface area (Å²) >= 11 is 0. The van der Waals surface area contributed by atoms with Crippen LogP contribution < -0.4 is 69.5 Å². The highest BCUT2D eigenvalue weighted by Gasteiger charge is 2.45. The summed E-state index contributed by atoms with van der Waals surface area (Å²) in [5.74, 6) is -12.1. The molecule has 2 fully saturated rings. The number of rotatable bonds is 30. The molecule has 0 unspecified atom stereocenters. The minimum absolute atomic E-state index is 0.276. The number of primary amides is 1. The Morgan fingerprint density at radius 2 is 1.03 bits per heavy atom. The van der Waals surface area contributed by atoms with Gasteiger partial charge in [-0.2, -0.15) is 0 Å². The first-order valence-corrected chi connectivity index (χ1v) is 30.7. The second-order valence-electron chi connectivity index (χ2n) is 23.5. The molecule has 3 rings (SSSR count). The van der Waals surface area contributed by atoms with Gasteiger partial charge in [-0.05, 0) is 75.8 Å². The Kier molecular flexibility index (Phi) is 30.7. The van der Waals surface area contributed by atoms with Crippen LogP contribution in [0.5, 0.6) is 0 Å². The molecule has 1 saturated carbocycles. The molecule has 0 radical (unpaired) electrons. The van der Waals surface area contributed by atoms with Crippen molar-refractivity contribution in [2.75, 3.05) is 20.3 Å². The van der Waals surface area contributed by atoms with Crippen LogP contribution >= 0.6 is 0 Å². The second-order valence-corrected chi connectivity index (χ2v) is 23.5. The predicted molar refractivity (Wildman–Crippen MR) is 323 cm³/mol. The minimum Gasteiger partial charge on any atom is -0.394 e. The van der Waals surface area contributed by atoms with Gasteiger partial charge < -0.3 is 79.7 Å². The molecule has 27 heteroatoms. The van der Waals surface area contributed by atoms with E-state index in [2.05, 4.69) is 63.8 Å². The Labute approximate surface area is 511 Å². The molecule has 15 atom stereocenters. The van der Waals surface area contributed by atoms with Crippen molar-refractivity contribution in [3.8, 4) is 0 Å². The van der Waals surface area contributed by atoms with Crippen molar-refractivity contribution in [2.45, 2.75) is 225 Å². The fourth-order valence-corrected chi connectivity index (χ4v) is 10.3. The number of aliphatic hydroxyl groups excluding tert-OH is 2. The molecule has 16 N–H and O–H groups in total. The third kappa shape index (κ3) is 21.8. The average Bonchev–Trinajstić information content (AvgIpc) is 3.31. The molecule has 1 aromatic carbocycles. The summed E-state index contributed by atoms with van der Waals surface area (Å²) in [6.45, 7) is 14.6. The largest absolute Gasteiger partial charge is 0.394 e. The molecule has 1 saturated heterocycles. The zero-order valence-corrected chi connectivity index (χ0v) is 52.5. The summed E-state index contributed by atoms with van der Waals surface area (Å²) in [6.07, 6.45) is 4.46. The quantitative estimate of drug-likeness (QED) is 0.0411. The lowest BCUT2D eigenvalue weighted by Gasteiger charge is -2.35. The van der Waals surface area contributed by atoms with E-state index in [9.17, 15) is 67.7 Å². The highest BCUT2D eigenvalue weighted by molar-refractivity contribution is 6.01. The number of hydrogen-bond acceptors (Lipinski definition) is 15. The highest BCUT2D eigenvalue weighted by atomic mass is 16.3. The highest BCUT2D eigenvalue weighted by Crippen LogP contribution is 2.29. The van der Waals surface area contributed by atoms with Crippen LogP contribution in [0.4, 0.5) is 0 Å². The molecule has 0 aromatic heterocycles. The maximum atomic E-state index is 14.4. The second kappa shape index (κ2) is 36.1. The van der Waals surface area contributed by atoms with E-state index in [1.807, 2.05) is 37.3 Å². The molecular formula is C60H99N13O14. The predicted octanol–water partition coefficient (Wildman–Crippen LogP) is -1.64. The number of benzene rings is 1. The van der Waals surface area contributed by atoms with Gasteiger partial charge in [-0.1, -0.05) is 137 Å². The zero-order valence-electron chi connectivity index (χ0n) is 52.5. The lowest BCUT2D eigenvalue weighted by atomic mass is 9.87. The Hall–Kier alpha value is -7.26. The number of carbonyl (C=O) groups excluding carboxylic acids is 12. The van der Waals surface area contributed by atoms with Gasteiger partial charge in [0.15, 0.2) is 0 Å². The number of likely N-dealkylation sites (N-methyl/N-ethyl adjacent to an activating group) is 1. The van der Waals surface area contributed by atoms with Gasteiger partial charge in [-0.15, -0.1) is 0 Å². The Balaban J connectivity index is 1.86. The average molecular weight is 1230 g/mol. The van der Waals surface area contributed by atoms with E-state index in [-0.39, 0.29) is 12.8 Å². The summed E-state index contributed by atoms with van der Waals surface area (Å²) in [5, 5.41) is 53.0. The third-order valence-electron chi connectivity index (χ3n) is 17.0. The van der Waals surface area contributed by atoms with Crippen LogP contribution in [0.25, 0.3) is 0 Å². The SMILES string of the molecule is CC[C@H](C)[C@H](NC(=O)[C@@H](Cc1ccccc1)NC)C(=O)N[C@@H](CO)C(=O)N[C@H](CCC(N)=O)C(=O)N[C@@H](C(=O)N[C@H](C(=O)N[C@@H](CO)C(=O)N[C@H]1C(=O)N[C@@H](C)C(=O)NC2(CCCCCC2)C(=O)N[C@@H]([C@@H](C)CC)C(=O)N[C@H]1C)[C@@H](C)CC)[C@@H](C)CC. The summed E-state index contributed by atoms with van der Waals surface area (Å²) < 4.78 is 0. The van der Waals surface area contributed by atoms with Gasteiger partial charge in [-0.25, -0.2) is 0 Å². The topological polar surface area (TPSA) is 416 Å². The Morgan fingerprint density at radius 1 is 0.575 bits per heavy atom. The van der Waals surface area contributed by atoms with Crippen molar-refractivity contribution < 1.29 is 67.7 Å². The van der Waals surface area contributed by atoms with E-state index in [1.165, 1.54) is 13.8 Å². The molecule has 1 aliphatic carbocycles. The van der Waals surface area contributed by atoms with Crippen molar-refractivity contribution in [1.82, 2.24) is 63.8 Å². The monoisotopic (exact) mass is 1230 g/mol. The van der Waals surface area contributed by atoms with E-state index in [0.717, 1.165) is 18.4 Å². The van der Waals surface area contributed by atoms with Crippen molar-refractivity contribution in [3.63, 3.8) is 0 Å². The van der Waals surface area contributed by atoms with Gasteiger partial charge in [-0.3, -0.25) is 57.5 Å². The molecule has 1 heterocycles. The molecule has 27 nitrogen and oxygen atoms in total. The van der Waals surface area contributed by atoms with Crippen LogP contribution in [0.3, 0.4) is 0 Å². The normalized spacial score (nSPS) is 22.0. The van der Waals surface area contributed by atoms with E-state index >= 15 is 0 Å². The van der Waals surface area contributed by atoms with Gasteiger partial charge >= 0.3 is 0 Å². The van der Waals surface area contributed by atoms with Crippen LogP contribution in [-0.4, -0.2) is 173 Å². The third-order valence-corrected chi connectivity index (χ3v) is 17.0. The number of carbonyl (C=O) groups is 12. The van der Waals surface area contributed by atoms with Gasteiger partial charge in [0.2, 0.25) is 70.9 Å². The number of aliphatic hydroxyl groups is 2. The molecular weight excluding hydrogens is 1130 g/mol. The molecule has 87 heavy (non-hydrogen) atoms. The van der Waals surface area contributed by atoms with Crippen LogP contribution in [-0.2, 0) is 64.0 Å². The molecule has 0 bridgehead atoms. The molecule has 1 aromatic rings. The summed E-state index contributed by atoms with van der Waals surface area (Å²) in [6, 6.07) is -5.76. The van der Waals surface area contributed by atoms with E-state index in [0.29, 0.717) is 44.9 Å². The fourth-order valence-electron chi connectivity index (χ4n) is 10.3. The lowest BCUT2D eigenvalue weighted by molar-refractivity contribution is -0.138. The van der Waals surface area contributed by atoms with Crippen molar-refractivity contribution in [3.05, 3.63) is 35.9 Å². The van der Waals surface area contributed by atoms with Gasteiger partial charge in [0.05, 0.1) is 25.3 Å². The first kappa shape index (κ1) is 74.0. The maximum absolute atomic E-state index is 14.4. The van der Waals surface area contributed by atoms with E-state index in [4.69, 9.17) is 5.73 Å². The summed E-state index contributed by atoms with van der Waals surface area (Å²) in [5.41, 5.74) is 4.96. The van der Waals surface area contributed by atoms with Gasteiger partial charge in [0.1, 0.15) is 59.9 Å². The number of amides is 12. The maximum Gasteiger partial charge on any atom is 0.246 e. The fraction of sp³-hybridized carbons (Fsp3) is 0.700. The van der Waals surface area contributed by atoms with Crippen LogP contribution in [0.1, 0.15) is 152 Å². The summed E-state index contributed by atoms with van der Waals surface area (Å²) in [7, 11) is 1.60. The standard InChI is InChI=1S/C60H99N13O14/c1-12-32(5)44(69-51(79)40(62-11)29-38-23-19-18-20-24-38)55(83)66-41(30-74)52(80)65-39(25-26-43(61)76)50(78)68-46(34(7)14-3)57(85)70-45(33(6)13-2)56(84)67-42(31-75)53(81)71-48-36(9)63-54(82)47(35(8)15-4)72-59(87)60(27-21-16-17-22-28-60)73-49(77)37(10)64-58(48)86/h18-20,23-24,32-37,39-42,44-48,62,74-75H,12-17,21-22,25-31H2,1-11H3,(H2,61,76)(H,63,82)(H,64,86)(H,65,80)(H,66,83)(H,67,84)(H,68,78)(H,69,79)(H,70,85)(H,71,81)(H,72,87)(H,73,77)/t32-,33-,34-,35-,36-,37-,39+,40+,41-,42-,44-,45-,46+,47-,48+/m0/s1. The van der Waals surface area contributed by atoms with Gasteiger partial charge in [0.25, 0.3) is 0 Å². The Bertz CT molecular complexity index is 2520. The first-order valence-electron chi connectivity index (χ1n) is 30.7. The van der Waals surface area contributed by atoms with Crippen molar-refractivity contribution in [1.29, 1.82) is 0 Å². The number of hydrogen-bond donors (Lipinski definition) is 15. The minimum atomic E-state index is -1.77. The molecule has 2 aliphatic rings. The molecule has 488 valence electrons. The van der Waals surface area contributed by atoms with E-state index < -0.39 is 193 Å². The molecule has 12 amide bonds. The number of nitrogens with one attached hydrogen (secondary N) is 12. The first-order chi connectivity index (χ1) is 41.1. The van der Waals surface area contributed by atoms with Crippen LogP contribution in [0.15, 0.2) is 30.3 Å². The Morgan fingerprint density at radius 3 is 1.51 bits per heavy atom. The van der Waals surface area contributed by atoms with Crippen LogP contribution in [0.2, 0.25) is 0 Å².